The molecule has 0 radical (unpaired) electrons. The van der Waals surface area contributed by atoms with Gasteiger partial charge in [-0.25, -0.2) is 0 Å². The summed E-state index contributed by atoms with van der Waals surface area (Å²) in [5, 5.41) is 15.6. The van der Waals surface area contributed by atoms with Gasteiger partial charge in [-0.05, 0) is 44.9 Å². The zero-order chi connectivity index (χ0) is 20.5. The van der Waals surface area contributed by atoms with Crippen molar-refractivity contribution in [3.63, 3.8) is 0 Å². The number of carbonyl (C=O) groups excluding carboxylic acids is 1. The van der Waals surface area contributed by atoms with E-state index in [1.54, 1.807) is 6.92 Å². The second-order valence-electron chi connectivity index (χ2n) is 8.20. The first-order valence-electron chi connectivity index (χ1n) is 10.5. The monoisotopic (exact) mass is 398 g/mol. The van der Waals surface area contributed by atoms with Gasteiger partial charge in [-0.3, -0.25) is 9.79 Å². The van der Waals surface area contributed by atoms with E-state index in [1.165, 1.54) is 0 Å². The van der Waals surface area contributed by atoms with Crippen molar-refractivity contribution < 1.29 is 14.6 Å². The van der Waals surface area contributed by atoms with Crippen molar-refractivity contribution in [1.29, 1.82) is 0 Å². The van der Waals surface area contributed by atoms with Gasteiger partial charge in [0.15, 0.2) is 0 Å². The van der Waals surface area contributed by atoms with E-state index in [0.717, 1.165) is 53.8 Å². The maximum atomic E-state index is 11.5. The first kappa shape index (κ1) is 19.8. The van der Waals surface area contributed by atoms with Crippen molar-refractivity contribution in [2.24, 2.45) is 4.99 Å². The fraction of sp³-hybridized carbons (Fsp3) is 0.545. The Kier molecular flexibility index (Phi) is 5.50. The minimum absolute atomic E-state index is 0.131. The number of aromatic nitrogens is 1. The molecule has 7 nitrogen and oxygen atoms in total. The van der Waals surface area contributed by atoms with Crippen molar-refractivity contribution >= 4 is 28.2 Å². The number of anilines is 1. The molecule has 2 aliphatic rings. The van der Waals surface area contributed by atoms with Crippen molar-refractivity contribution in [3.8, 4) is 5.88 Å². The summed E-state index contributed by atoms with van der Waals surface area (Å²) in [6.45, 7) is 9.01. The molecule has 0 spiro atoms. The summed E-state index contributed by atoms with van der Waals surface area (Å²) in [6, 6.07) is 6.71. The largest absolute Gasteiger partial charge is 0.494 e. The molecule has 0 atom stereocenters. The molecule has 3 heterocycles. The summed E-state index contributed by atoms with van der Waals surface area (Å²) >= 11 is 0. The summed E-state index contributed by atoms with van der Waals surface area (Å²) in [7, 11) is 0. The van der Waals surface area contributed by atoms with Gasteiger partial charge in [0.05, 0.1) is 36.6 Å². The quantitative estimate of drug-likeness (QED) is 0.829. The highest BCUT2D eigenvalue weighted by molar-refractivity contribution is 6.14. The van der Waals surface area contributed by atoms with Crippen molar-refractivity contribution in [2.75, 3.05) is 38.2 Å². The lowest BCUT2D eigenvalue weighted by Gasteiger charge is -2.32. The number of rotatable bonds is 4. The van der Waals surface area contributed by atoms with Gasteiger partial charge < -0.3 is 24.6 Å². The third-order valence-corrected chi connectivity index (χ3v) is 5.87. The van der Waals surface area contributed by atoms with Gasteiger partial charge in [-0.15, -0.1) is 0 Å². The SMILES string of the molecule is CC(=O)N1CCC(Nc2ccc3c(c2)c(C2=NCCOC2)c(O)n3C(C)C)CC1. The smallest absolute Gasteiger partial charge is 0.219 e. The van der Waals surface area contributed by atoms with Gasteiger partial charge in [0.25, 0.3) is 0 Å². The van der Waals surface area contributed by atoms with E-state index in [4.69, 9.17) is 4.74 Å². The van der Waals surface area contributed by atoms with Crippen LogP contribution >= 0.6 is 0 Å². The van der Waals surface area contributed by atoms with Gasteiger partial charge in [0, 0.05) is 43.2 Å². The molecule has 0 unspecified atom stereocenters. The highest BCUT2D eigenvalue weighted by Crippen LogP contribution is 2.37. The number of hydrogen-bond donors (Lipinski definition) is 2. The van der Waals surface area contributed by atoms with Crippen LogP contribution in [0, 0.1) is 0 Å². The van der Waals surface area contributed by atoms with Crippen LogP contribution in [0.1, 0.15) is 45.2 Å². The highest BCUT2D eigenvalue weighted by atomic mass is 16.5. The Labute approximate surface area is 171 Å². The number of nitrogens with zero attached hydrogens (tertiary/aromatic N) is 3. The molecule has 1 aromatic carbocycles. The maximum Gasteiger partial charge on any atom is 0.219 e. The molecule has 4 rings (SSSR count). The summed E-state index contributed by atoms with van der Waals surface area (Å²) in [5.41, 5.74) is 3.62. The topological polar surface area (TPSA) is 79.1 Å². The number of amides is 1. The number of piperidine rings is 1. The predicted molar refractivity (Wildman–Crippen MR) is 115 cm³/mol. The van der Waals surface area contributed by atoms with Crippen LogP contribution in [0.2, 0.25) is 0 Å². The third kappa shape index (κ3) is 3.83. The lowest BCUT2D eigenvalue weighted by molar-refractivity contribution is -0.129. The Morgan fingerprint density at radius 2 is 2.07 bits per heavy atom. The fourth-order valence-electron chi connectivity index (χ4n) is 4.38. The van der Waals surface area contributed by atoms with Crippen LogP contribution in [0.4, 0.5) is 5.69 Å². The van der Waals surface area contributed by atoms with E-state index >= 15 is 0 Å². The van der Waals surface area contributed by atoms with Gasteiger partial charge in [-0.2, -0.15) is 0 Å². The van der Waals surface area contributed by atoms with Crippen LogP contribution in [0.3, 0.4) is 0 Å². The fourth-order valence-corrected chi connectivity index (χ4v) is 4.38. The van der Waals surface area contributed by atoms with Gasteiger partial charge in [0.1, 0.15) is 0 Å². The van der Waals surface area contributed by atoms with Crippen LogP contribution in [0.5, 0.6) is 5.88 Å². The number of benzene rings is 1. The van der Waals surface area contributed by atoms with E-state index in [9.17, 15) is 9.90 Å². The highest BCUT2D eigenvalue weighted by Gasteiger charge is 2.25. The van der Waals surface area contributed by atoms with Gasteiger partial charge in [0.2, 0.25) is 11.8 Å². The van der Waals surface area contributed by atoms with E-state index in [1.807, 2.05) is 9.47 Å². The number of fused-ring (bicyclic) bond motifs is 1. The predicted octanol–water partition coefficient (Wildman–Crippen LogP) is 3.17. The second-order valence-corrected chi connectivity index (χ2v) is 8.20. The second kappa shape index (κ2) is 8.06. The van der Waals surface area contributed by atoms with Crippen LogP contribution < -0.4 is 5.32 Å². The minimum Gasteiger partial charge on any atom is -0.494 e. The average Bonchev–Trinajstić information content (AvgIpc) is 3.00. The van der Waals surface area contributed by atoms with Crippen molar-refractivity contribution in [2.45, 2.75) is 45.7 Å². The number of carbonyl (C=O) groups is 1. The molecule has 0 saturated carbocycles. The lowest BCUT2D eigenvalue weighted by Crippen LogP contribution is -2.41. The van der Waals surface area contributed by atoms with E-state index in [2.05, 4.69) is 42.4 Å². The molecule has 7 heteroatoms. The van der Waals surface area contributed by atoms with Crippen molar-refractivity contribution in [3.05, 3.63) is 23.8 Å². The molecule has 1 aromatic heterocycles. The lowest BCUT2D eigenvalue weighted by atomic mass is 10.0. The Morgan fingerprint density at radius 3 is 2.69 bits per heavy atom. The minimum atomic E-state index is 0.131. The van der Waals surface area contributed by atoms with E-state index in [-0.39, 0.29) is 17.8 Å². The molecule has 1 saturated heterocycles. The Bertz CT molecular complexity index is 939. The molecule has 2 aromatic rings. The third-order valence-electron chi connectivity index (χ3n) is 5.87. The molecule has 1 amide bonds. The van der Waals surface area contributed by atoms with Crippen LogP contribution in [0.15, 0.2) is 23.2 Å². The van der Waals surface area contributed by atoms with E-state index in [0.29, 0.717) is 25.8 Å². The Hall–Kier alpha value is -2.54. The van der Waals surface area contributed by atoms with Crippen LogP contribution in [-0.4, -0.2) is 65.1 Å². The number of aliphatic imine (C=N–C) groups is 1. The first-order valence-corrected chi connectivity index (χ1v) is 10.5. The Balaban J connectivity index is 1.66. The molecule has 29 heavy (non-hydrogen) atoms. The summed E-state index contributed by atoms with van der Waals surface area (Å²) in [5.74, 6) is 0.404. The number of nitrogens with one attached hydrogen (secondary N) is 1. The summed E-state index contributed by atoms with van der Waals surface area (Å²) < 4.78 is 7.55. The standard InChI is InChI=1S/C22H30N4O3/c1-14(2)26-20-5-4-17(24-16-6-9-25(10-7-16)15(3)27)12-18(20)21(22(26)28)19-13-29-11-8-23-19/h4-5,12,14,16,24,28H,6-11,13H2,1-3H3. The van der Waals surface area contributed by atoms with Gasteiger partial charge in [-0.1, -0.05) is 0 Å². The molecular formula is C22H30N4O3. The maximum absolute atomic E-state index is 11.5. The average molecular weight is 399 g/mol. The van der Waals surface area contributed by atoms with E-state index < -0.39 is 0 Å². The number of ether oxygens (including phenoxy) is 1. The number of likely N-dealkylation sites (tertiary alicyclic amines) is 1. The zero-order valence-corrected chi connectivity index (χ0v) is 17.4. The number of aromatic hydroxyl groups is 1. The van der Waals surface area contributed by atoms with Gasteiger partial charge >= 0.3 is 0 Å². The molecule has 2 N–H and O–H groups in total. The molecule has 0 aliphatic carbocycles. The summed E-state index contributed by atoms with van der Waals surface area (Å²) in [4.78, 5) is 18.1. The zero-order valence-electron chi connectivity index (χ0n) is 17.4. The molecule has 2 aliphatic heterocycles. The normalized spacial score (nSPS) is 18.3. The van der Waals surface area contributed by atoms with Crippen molar-refractivity contribution in [1.82, 2.24) is 9.47 Å². The number of hydrogen-bond acceptors (Lipinski definition) is 5. The molecule has 1 fully saturated rings. The molecule has 0 bridgehead atoms. The molecular weight excluding hydrogens is 368 g/mol. The summed E-state index contributed by atoms with van der Waals surface area (Å²) in [6.07, 6.45) is 1.87. The van der Waals surface area contributed by atoms with Crippen LogP contribution in [0.25, 0.3) is 10.9 Å². The van der Waals surface area contributed by atoms with Crippen LogP contribution in [-0.2, 0) is 9.53 Å². The Morgan fingerprint density at radius 1 is 1.31 bits per heavy atom. The molecule has 156 valence electrons. The first-order chi connectivity index (χ1) is 14.0.